The van der Waals surface area contributed by atoms with E-state index in [1.807, 2.05) is 0 Å². The predicted molar refractivity (Wildman–Crippen MR) is 153 cm³/mol. The number of hydrogen-bond donors (Lipinski definition) is 2. The Bertz CT molecular complexity index is 793. The lowest BCUT2D eigenvalue weighted by Gasteiger charge is -2.58. The fraction of sp³-hybridized carbons (Fsp3) is 0.939. The van der Waals surface area contributed by atoms with Gasteiger partial charge in [-0.3, -0.25) is 4.90 Å². The molecule has 0 aromatic carbocycles. The van der Waals surface area contributed by atoms with Gasteiger partial charge >= 0.3 is 0 Å². The Morgan fingerprint density at radius 1 is 1.05 bits per heavy atom. The van der Waals surface area contributed by atoms with E-state index in [1.54, 1.807) is 5.57 Å². The Labute approximate surface area is 228 Å². The van der Waals surface area contributed by atoms with Crippen LogP contribution in [0, 0.1) is 46.3 Å². The summed E-state index contributed by atoms with van der Waals surface area (Å²) in [7, 11) is 0. The zero-order valence-corrected chi connectivity index (χ0v) is 24.8. The summed E-state index contributed by atoms with van der Waals surface area (Å²) in [5.74, 6) is 5.09. The molecule has 4 heteroatoms. The van der Waals surface area contributed by atoms with Crippen LogP contribution in [-0.2, 0) is 4.74 Å². The van der Waals surface area contributed by atoms with Crippen LogP contribution < -0.4 is 5.32 Å². The molecule has 37 heavy (non-hydrogen) atoms. The molecule has 1 saturated heterocycles. The summed E-state index contributed by atoms with van der Waals surface area (Å²) in [4.78, 5) is 2.62. The molecular weight excluding hydrogens is 456 g/mol. The summed E-state index contributed by atoms with van der Waals surface area (Å²) in [6.45, 7) is 17.5. The van der Waals surface area contributed by atoms with E-state index in [1.165, 1.54) is 57.8 Å². The van der Waals surface area contributed by atoms with Crippen molar-refractivity contribution in [2.75, 3.05) is 32.8 Å². The standard InChI is InChI=1S/C33H58N2O2/c1-6-34-31(35-18-20-37-21-19-35)24(3)9-7-8-23(2)28-12-13-29-27-11-10-25-22-26(36)14-16-32(25,4)30(27)15-17-33(28,29)5/h10,23-24,26-31,34,36H,6-9,11-22H2,1-5H3/t23-,24?,26+,27+,28-,29+,30+,31?,32+,33-/m1/s1. The first-order valence-corrected chi connectivity index (χ1v) is 16.2. The maximum absolute atomic E-state index is 10.3. The van der Waals surface area contributed by atoms with Gasteiger partial charge in [0.05, 0.1) is 25.5 Å². The molecule has 212 valence electrons. The maximum Gasteiger partial charge on any atom is 0.0624 e. The Morgan fingerprint density at radius 3 is 2.59 bits per heavy atom. The van der Waals surface area contributed by atoms with Crippen LogP contribution in [0.15, 0.2) is 11.6 Å². The molecule has 0 aromatic heterocycles. The second-order valence-electron chi connectivity index (χ2n) is 14.4. The van der Waals surface area contributed by atoms with Crippen LogP contribution in [0.5, 0.6) is 0 Å². The average molecular weight is 515 g/mol. The number of allylic oxidation sites excluding steroid dienone is 1. The molecule has 0 radical (unpaired) electrons. The number of aliphatic hydroxyl groups is 1. The van der Waals surface area contributed by atoms with Gasteiger partial charge in [-0.15, -0.1) is 0 Å². The Hall–Kier alpha value is -0.420. The molecule has 2 unspecified atom stereocenters. The summed E-state index contributed by atoms with van der Waals surface area (Å²) in [5, 5.41) is 14.1. The predicted octanol–water partition coefficient (Wildman–Crippen LogP) is 6.64. The van der Waals surface area contributed by atoms with Crippen molar-refractivity contribution < 1.29 is 9.84 Å². The van der Waals surface area contributed by atoms with E-state index in [0.717, 1.165) is 75.3 Å². The first-order valence-electron chi connectivity index (χ1n) is 16.2. The third kappa shape index (κ3) is 5.35. The Kier molecular flexibility index (Phi) is 8.81. The Balaban J connectivity index is 1.17. The summed E-state index contributed by atoms with van der Waals surface area (Å²) in [6, 6.07) is 0. The van der Waals surface area contributed by atoms with E-state index < -0.39 is 0 Å². The minimum absolute atomic E-state index is 0.0916. The number of hydrogen-bond acceptors (Lipinski definition) is 4. The highest BCUT2D eigenvalue weighted by atomic mass is 16.5. The molecule has 0 aromatic rings. The fourth-order valence-corrected chi connectivity index (χ4v) is 10.5. The molecule has 1 heterocycles. The summed E-state index contributed by atoms with van der Waals surface area (Å²) in [5.41, 5.74) is 2.52. The van der Waals surface area contributed by atoms with Gasteiger partial charge in [0.1, 0.15) is 0 Å². The van der Waals surface area contributed by atoms with Crippen molar-refractivity contribution in [2.24, 2.45) is 46.3 Å². The van der Waals surface area contributed by atoms with Crippen molar-refractivity contribution in [3.8, 4) is 0 Å². The molecule has 5 rings (SSSR count). The SMILES string of the molecule is CCNC(C(C)CCC[C@@H](C)[C@H]1CC[C@H]2[C@@H]3CC=C4C[C@@H](O)CC[C@]4(C)[C@H]3CC[C@]12C)N1CCOCC1. The van der Waals surface area contributed by atoms with Crippen LogP contribution in [0.4, 0.5) is 0 Å². The number of nitrogens with one attached hydrogen (secondary N) is 1. The van der Waals surface area contributed by atoms with Gasteiger partial charge in [-0.25, -0.2) is 0 Å². The van der Waals surface area contributed by atoms with Gasteiger partial charge in [-0.2, -0.15) is 0 Å². The average Bonchev–Trinajstić information content (AvgIpc) is 3.25. The molecule has 4 nitrogen and oxygen atoms in total. The lowest BCUT2D eigenvalue weighted by molar-refractivity contribution is -0.0574. The van der Waals surface area contributed by atoms with E-state index >= 15 is 0 Å². The number of nitrogens with zero attached hydrogens (tertiary/aromatic N) is 1. The first kappa shape index (κ1) is 28.1. The first-order chi connectivity index (χ1) is 17.8. The fourth-order valence-electron chi connectivity index (χ4n) is 10.5. The third-order valence-corrected chi connectivity index (χ3v) is 12.5. The molecule has 0 bridgehead atoms. The van der Waals surface area contributed by atoms with Gasteiger partial charge in [0, 0.05) is 13.1 Å². The summed E-state index contributed by atoms with van der Waals surface area (Å²) in [6.07, 6.45) is 17.3. The highest BCUT2D eigenvalue weighted by Crippen LogP contribution is 2.67. The normalized spacial score (nSPS) is 42.8. The molecular formula is C33H58N2O2. The number of rotatable bonds is 9. The molecule has 4 fully saturated rings. The van der Waals surface area contributed by atoms with Crippen LogP contribution in [-0.4, -0.2) is 55.1 Å². The van der Waals surface area contributed by atoms with E-state index in [4.69, 9.17) is 4.74 Å². The van der Waals surface area contributed by atoms with E-state index in [9.17, 15) is 5.11 Å². The van der Waals surface area contributed by atoms with Crippen LogP contribution in [0.2, 0.25) is 0 Å². The topological polar surface area (TPSA) is 44.7 Å². The van der Waals surface area contributed by atoms with Crippen LogP contribution in [0.3, 0.4) is 0 Å². The van der Waals surface area contributed by atoms with Gasteiger partial charge in [0.2, 0.25) is 0 Å². The molecule has 0 spiro atoms. The largest absolute Gasteiger partial charge is 0.393 e. The van der Waals surface area contributed by atoms with Crippen molar-refractivity contribution in [1.82, 2.24) is 10.2 Å². The van der Waals surface area contributed by atoms with Crippen molar-refractivity contribution in [3.63, 3.8) is 0 Å². The smallest absolute Gasteiger partial charge is 0.0624 e. The molecule has 2 N–H and O–H groups in total. The van der Waals surface area contributed by atoms with Crippen molar-refractivity contribution in [1.29, 1.82) is 0 Å². The van der Waals surface area contributed by atoms with Crippen LogP contribution in [0.1, 0.15) is 105 Å². The molecule has 3 saturated carbocycles. The van der Waals surface area contributed by atoms with Gasteiger partial charge in [-0.05, 0) is 111 Å². The highest BCUT2D eigenvalue weighted by molar-refractivity contribution is 5.25. The van der Waals surface area contributed by atoms with Gasteiger partial charge < -0.3 is 15.2 Å². The van der Waals surface area contributed by atoms with Crippen molar-refractivity contribution in [3.05, 3.63) is 11.6 Å². The zero-order valence-electron chi connectivity index (χ0n) is 24.8. The quantitative estimate of drug-likeness (QED) is 0.339. The Morgan fingerprint density at radius 2 is 1.84 bits per heavy atom. The van der Waals surface area contributed by atoms with Crippen molar-refractivity contribution in [2.45, 2.75) is 118 Å². The summed E-state index contributed by atoms with van der Waals surface area (Å²) >= 11 is 0. The van der Waals surface area contributed by atoms with E-state index in [0.29, 0.717) is 22.9 Å². The molecule has 10 atom stereocenters. The highest BCUT2D eigenvalue weighted by Gasteiger charge is 2.59. The minimum atomic E-state index is -0.0916. The lowest BCUT2D eigenvalue weighted by atomic mass is 9.47. The zero-order chi connectivity index (χ0) is 26.2. The van der Waals surface area contributed by atoms with Gasteiger partial charge in [0.25, 0.3) is 0 Å². The molecule has 5 aliphatic rings. The minimum Gasteiger partial charge on any atom is -0.393 e. The second-order valence-corrected chi connectivity index (χ2v) is 14.4. The third-order valence-electron chi connectivity index (χ3n) is 12.5. The van der Waals surface area contributed by atoms with Gasteiger partial charge in [-0.1, -0.05) is 59.1 Å². The van der Waals surface area contributed by atoms with E-state index in [2.05, 4.69) is 50.9 Å². The monoisotopic (exact) mass is 514 g/mol. The van der Waals surface area contributed by atoms with Crippen LogP contribution >= 0.6 is 0 Å². The van der Waals surface area contributed by atoms with Crippen molar-refractivity contribution >= 4 is 0 Å². The van der Waals surface area contributed by atoms with Gasteiger partial charge in [0.15, 0.2) is 0 Å². The number of ether oxygens (including phenoxy) is 1. The second kappa shape index (κ2) is 11.6. The molecule has 4 aliphatic carbocycles. The number of fused-ring (bicyclic) bond motifs is 5. The number of morpholine rings is 1. The van der Waals surface area contributed by atoms with Crippen LogP contribution in [0.25, 0.3) is 0 Å². The molecule has 1 aliphatic heterocycles. The summed E-state index contributed by atoms with van der Waals surface area (Å²) < 4.78 is 5.62. The van der Waals surface area contributed by atoms with E-state index in [-0.39, 0.29) is 6.10 Å². The molecule has 0 amide bonds. The lowest BCUT2D eigenvalue weighted by Crippen LogP contribution is -2.53. The number of aliphatic hydroxyl groups excluding tert-OH is 1. The maximum atomic E-state index is 10.3.